The van der Waals surface area contributed by atoms with E-state index in [9.17, 15) is 0 Å². The summed E-state index contributed by atoms with van der Waals surface area (Å²) in [5.41, 5.74) is 1.39. The fourth-order valence-corrected chi connectivity index (χ4v) is 3.06. The van der Waals surface area contributed by atoms with Gasteiger partial charge in [-0.3, -0.25) is 0 Å². The Kier molecular flexibility index (Phi) is 3.32. The van der Waals surface area contributed by atoms with Crippen LogP contribution < -0.4 is 0 Å². The Morgan fingerprint density at radius 3 is 2.07 bits per heavy atom. The quantitative estimate of drug-likeness (QED) is 0.647. The highest BCUT2D eigenvalue weighted by atomic mass is 28.3. The molecule has 0 aliphatic heterocycles. The monoisotopic (exact) mass is 204 g/mol. The van der Waals surface area contributed by atoms with Gasteiger partial charge >= 0.3 is 0 Å². The molecule has 0 saturated carbocycles. The van der Waals surface area contributed by atoms with Crippen molar-refractivity contribution < 1.29 is 0 Å². The summed E-state index contributed by atoms with van der Waals surface area (Å²) in [5, 5.41) is 1.43. The van der Waals surface area contributed by atoms with E-state index in [2.05, 4.69) is 63.5 Å². The molecule has 1 rings (SSSR count). The summed E-state index contributed by atoms with van der Waals surface area (Å²) in [7, 11) is -1.20. The Labute approximate surface area is 88.7 Å². The highest BCUT2D eigenvalue weighted by molar-refractivity contribution is 6.83. The van der Waals surface area contributed by atoms with Gasteiger partial charge in [0, 0.05) is 0 Å². The summed E-state index contributed by atoms with van der Waals surface area (Å²) in [4.78, 5) is 0. The van der Waals surface area contributed by atoms with Gasteiger partial charge in [-0.05, 0) is 11.5 Å². The third kappa shape index (κ3) is 2.58. The third-order valence-corrected chi connectivity index (χ3v) is 5.15. The van der Waals surface area contributed by atoms with Crippen LogP contribution in [0.15, 0.2) is 42.1 Å². The molecule has 0 aromatic heterocycles. The van der Waals surface area contributed by atoms with Crippen LogP contribution in [0.2, 0.25) is 19.6 Å². The van der Waals surface area contributed by atoms with E-state index >= 15 is 0 Å². The van der Waals surface area contributed by atoms with Crippen molar-refractivity contribution in [3.05, 3.63) is 47.7 Å². The van der Waals surface area contributed by atoms with Crippen molar-refractivity contribution in [3.8, 4) is 0 Å². The topological polar surface area (TPSA) is 0 Å². The SMILES string of the molecule is C=C(C(C)c1ccccc1)[Si](C)(C)C. The predicted octanol–water partition coefficient (Wildman–Crippen LogP) is 4.22. The average Bonchev–Trinajstić information content (AvgIpc) is 2.15. The van der Waals surface area contributed by atoms with Crippen LogP contribution in [-0.4, -0.2) is 8.07 Å². The van der Waals surface area contributed by atoms with Crippen LogP contribution in [0.5, 0.6) is 0 Å². The minimum Gasteiger partial charge on any atom is -0.103 e. The van der Waals surface area contributed by atoms with Crippen molar-refractivity contribution in [2.45, 2.75) is 32.5 Å². The highest BCUT2D eigenvalue weighted by Gasteiger charge is 2.22. The molecule has 0 nitrogen and oxygen atoms in total. The minimum atomic E-state index is -1.20. The van der Waals surface area contributed by atoms with Gasteiger partial charge in [-0.1, -0.05) is 62.1 Å². The van der Waals surface area contributed by atoms with Crippen molar-refractivity contribution in [1.82, 2.24) is 0 Å². The van der Waals surface area contributed by atoms with Gasteiger partial charge in [0.2, 0.25) is 0 Å². The number of hydrogen-bond acceptors (Lipinski definition) is 0. The second-order valence-corrected chi connectivity index (χ2v) is 10.0. The summed E-state index contributed by atoms with van der Waals surface area (Å²) >= 11 is 0. The summed E-state index contributed by atoms with van der Waals surface area (Å²) in [5.74, 6) is 0.503. The molecular formula is C13H20Si. The molecule has 0 saturated heterocycles. The predicted molar refractivity (Wildman–Crippen MR) is 67.3 cm³/mol. The van der Waals surface area contributed by atoms with Gasteiger partial charge in [-0.25, -0.2) is 0 Å². The van der Waals surface area contributed by atoms with Gasteiger partial charge in [0.1, 0.15) is 0 Å². The first-order chi connectivity index (χ1) is 6.43. The molecule has 76 valence electrons. The molecule has 0 fully saturated rings. The van der Waals surface area contributed by atoms with E-state index in [4.69, 9.17) is 0 Å². The third-order valence-electron chi connectivity index (χ3n) is 2.79. The normalized spacial score (nSPS) is 13.7. The van der Waals surface area contributed by atoms with Crippen molar-refractivity contribution in [3.63, 3.8) is 0 Å². The van der Waals surface area contributed by atoms with Gasteiger partial charge in [0.25, 0.3) is 0 Å². The number of allylic oxidation sites excluding steroid dienone is 1. The molecular weight excluding hydrogens is 184 g/mol. The maximum Gasteiger partial charge on any atom is 0.0724 e. The smallest absolute Gasteiger partial charge is 0.0724 e. The first-order valence-corrected chi connectivity index (χ1v) is 8.67. The Hall–Kier alpha value is -0.823. The molecule has 0 aliphatic rings. The Morgan fingerprint density at radius 1 is 1.14 bits per heavy atom. The molecule has 1 heteroatoms. The Balaban J connectivity index is 2.87. The Bertz CT molecular complexity index is 306. The van der Waals surface area contributed by atoms with Gasteiger partial charge in [0.15, 0.2) is 0 Å². The van der Waals surface area contributed by atoms with E-state index in [-0.39, 0.29) is 0 Å². The number of hydrogen-bond donors (Lipinski definition) is 0. The van der Waals surface area contributed by atoms with Crippen LogP contribution in [0.3, 0.4) is 0 Å². The lowest BCUT2D eigenvalue weighted by Crippen LogP contribution is -2.26. The molecule has 1 unspecified atom stereocenters. The second kappa shape index (κ2) is 4.14. The van der Waals surface area contributed by atoms with Gasteiger partial charge in [-0.15, -0.1) is 6.58 Å². The van der Waals surface area contributed by atoms with Crippen molar-refractivity contribution in [2.24, 2.45) is 0 Å². The second-order valence-electron chi connectivity index (χ2n) is 4.91. The first-order valence-electron chi connectivity index (χ1n) is 5.17. The maximum atomic E-state index is 4.26. The van der Waals surface area contributed by atoms with Crippen LogP contribution in [0.1, 0.15) is 18.4 Å². The zero-order valence-electron chi connectivity index (χ0n) is 9.67. The standard InChI is InChI=1S/C13H20Si/c1-11(12(2)14(3,4)5)13-9-7-6-8-10-13/h6-11H,2H2,1,3-5H3. The highest BCUT2D eigenvalue weighted by Crippen LogP contribution is 2.29. The summed E-state index contributed by atoms with van der Waals surface area (Å²) in [6.45, 7) is 13.6. The number of benzene rings is 1. The lowest BCUT2D eigenvalue weighted by Gasteiger charge is -2.25. The van der Waals surface area contributed by atoms with Crippen molar-refractivity contribution in [2.75, 3.05) is 0 Å². The van der Waals surface area contributed by atoms with E-state index in [1.165, 1.54) is 10.8 Å². The number of rotatable bonds is 3. The van der Waals surface area contributed by atoms with Crippen molar-refractivity contribution >= 4 is 8.07 Å². The summed E-state index contributed by atoms with van der Waals surface area (Å²) in [6, 6.07) is 10.6. The summed E-state index contributed by atoms with van der Waals surface area (Å²) in [6.07, 6.45) is 0. The Morgan fingerprint density at radius 2 is 1.64 bits per heavy atom. The van der Waals surface area contributed by atoms with Crippen molar-refractivity contribution in [1.29, 1.82) is 0 Å². The molecule has 1 atom stereocenters. The van der Waals surface area contributed by atoms with E-state index in [0.717, 1.165) is 0 Å². The lowest BCUT2D eigenvalue weighted by molar-refractivity contribution is 0.939. The lowest BCUT2D eigenvalue weighted by atomic mass is 10.0. The molecule has 14 heavy (non-hydrogen) atoms. The molecule has 0 amide bonds. The van der Waals surface area contributed by atoms with Crippen LogP contribution in [0.4, 0.5) is 0 Å². The first kappa shape index (κ1) is 11.3. The summed E-state index contributed by atoms with van der Waals surface area (Å²) < 4.78 is 0. The van der Waals surface area contributed by atoms with E-state index < -0.39 is 8.07 Å². The molecule has 0 heterocycles. The molecule has 0 N–H and O–H groups in total. The fourth-order valence-electron chi connectivity index (χ4n) is 1.59. The average molecular weight is 204 g/mol. The van der Waals surface area contributed by atoms with Crippen LogP contribution in [0.25, 0.3) is 0 Å². The molecule has 0 spiro atoms. The van der Waals surface area contributed by atoms with Gasteiger partial charge in [0.05, 0.1) is 8.07 Å². The fraction of sp³-hybridized carbons (Fsp3) is 0.385. The van der Waals surface area contributed by atoms with Crippen LogP contribution in [-0.2, 0) is 0 Å². The zero-order valence-corrected chi connectivity index (χ0v) is 10.7. The van der Waals surface area contributed by atoms with Gasteiger partial charge < -0.3 is 0 Å². The molecule has 0 radical (unpaired) electrons. The molecule has 0 bridgehead atoms. The molecule has 1 aromatic carbocycles. The minimum absolute atomic E-state index is 0.503. The zero-order chi connectivity index (χ0) is 10.8. The largest absolute Gasteiger partial charge is 0.103 e. The van der Waals surface area contributed by atoms with E-state index in [1.807, 2.05) is 0 Å². The van der Waals surface area contributed by atoms with Crippen LogP contribution >= 0.6 is 0 Å². The molecule has 1 aromatic rings. The maximum absolute atomic E-state index is 4.26. The van der Waals surface area contributed by atoms with Gasteiger partial charge in [-0.2, -0.15) is 0 Å². The molecule has 0 aliphatic carbocycles. The van der Waals surface area contributed by atoms with E-state index in [0.29, 0.717) is 5.92 Å². The van der Waals surface area contributed by atoms with E-state index in [1.54, 1.807) is 0 Å². The van der Waals surface area contributed by atoms with Crippen LogP contribution in [0, 0.1) is 0 Å².